The summed E-state index contributed by atoms with van der Waals surface area (Å²) in [5, 5.41) is 2.68. The van der Waals surface area contributed by atoms with Crippen LogP contribution < -0.4 is 5.32 Å². The van der Waals surface area contributed by atoms with Gasteiger partial charge in [-0.3, -0.25) is 5.32 Å². The molecule has 0 aliphatic carbocycles. The van der Waals surface area contributed by atoms with Crippen LogP contribution in [0.5, 0.6) is 0 Å². The Balaban J connectivity index is 3.36. The summed E-state index contributed by atoms with van der Waals surface area (Å²) in [4.78, 5) is 11.7. The van der Waals surface area contributed by atoms with Gasteiger partial charge in [-0.05, 0) is 31.5 Å². The Morgan fingerprint density at radius 2 is 1.90 bits per heavy atom. The van der Waals surface area contributed by atoms with E-state index in [9.17, 15) is 22.4 Å². The minimum Gasteiger partial charge on any atom is -0.468 e. The number of alkyl halides is 3. The molecule has 112 valence electrons. The van der Waals surface area contributed by atoms with Crippen LogP contribution in [0.2, 0.25) is 0 Å². The Hall–Kier alpha value is -1.63. The second-order valence-corrected chi connectivity index (χ2v) is 4.51. The van der Waals surface area contributed by atoms with E-state index in [1.807, 2.05) is 0 Å². The summed E-state index contributed by atoms with van der Waals surface area (Å²) in [5.41, 5.74) is -1.56. The first-order chi connectivity index (χ1) is 9.16. The van der Waals surface area contributed by atoms with Gasteiger partial charge in [0, 0.05) is 6.04 Å². The highest BCUT2D eigenvalue weighted by Gasteiger charge is 2.37. The first-order valence-corrected chi connectivity index (χ1v) is 5.87. The second-order valence-electron chi connectivity index (χ2n) is 4.51. The van der Waals surface area contributed by atoms with Gasteiger partial charge in [0.25, 0.3) is 0 Å². The van der Waals surface area contributed by atoms with Gasteiger partial charge in [-0.25, -0.2) is 9.18 Å². The maximum atomic E-state index is 13.0. The molecule has 1 rings (SSSR count). The highest BCUT2D eigenvalue weighted by molar-refractivity contribution is 5.78. The van der Waals surface area contributed by atoms with Crippen molar-refractivity contribution in [1.82, 2.24) is 5.32 Å². The SMILES string of the molecule is COC(=O)C(NC(C)C)c1ccc(F)cc1C(F)(F)F. The van der Waals surface area contributed by atoms with Gasteiger partial charge in [0.05, 0.1) is 12.7 Å². The van der Waals surface area contributed by atoms with E-state index in [0.717, 1.165) is 19.2 Å². The molecule has 0 aliphatic heterocycles. The van der Waals surface area contributed by atoms with E-state index >= 15 is 0 Å². The molecule has 0 aliphatic rings. The highest BCUT2D eigenvalue weighted by atomic mass is 19.4. The predicted octanol–water partition coefficient (Wildman–Crippen LogP) is 3.06. The highest BCUT2D eigenvalue weighted by Crippen LogP contribution is 2.35. The molecule has 1 N–H and O–H groups in total. The molecule has 0 fully saturated rings. The van der Waals surface area contributed by atoms with Crippen molar-refractivity contribution in [3.8, 4) is 0 Å². The lowest BCUT2D eigenvalue weighted by atomic mass is 9.99. The van der Waals surface area contributed by atoms with Crippen LogP contribution in [0.15, 0.2) is 18.2 Å². The molecule has 3 nitrogen and oxygen atoms in total. The first kappa shape index (κ1) is 16.4. The summed E-state index contributed by atoms with van der Waals surface area (Å²) in [6.07, 6.45) is -4.76. The fraction of sp³-hybridized carbons (Fsp3) is 0.462. The third-order valence-corrected chi connectivity index (χ3v) is 2.57. The molecule has 20 heavy (non-hydrogen) atoms. The minimum atomic E-state index is -4.76. The van der Waals surface area contributed by atoms with Crippen molar-refractivity contribution >= 4 is 5.97 Å². The van der Waals surface area contributed by atoms with Crippen molar-refractivity contribution in [3.63, 3.8) is 0 Å². The third-order valence-electron chi connectivity index (χ3n) is 2.57. The van der Waals surface area contributed by atoms with Gasteiger partial charge in [0.2, 0.25) is 0 Å². The Kier molecular flexibility index (Phi) is 5.10. The number of hydrogen-bond acceptors (Lipinski definition) is 3. The Morgan fingerprint density at radius 1 is 1.30 bits per heavy atom. The number of ether oxygens (including phenoxy) is 1. The van der Waals surface area contributed by atoms with Crippen molar-refractivity contribution in [3.05, 3.63) is 35.1 Å². The summed E-state index contributed by atoms with van der Waals surface area (Å²) in [5.74, 6) is -1.88. The normalized spacial score (nSPS) is 13.4. The zero-order valence-electron chi connectivity index (χ0n) is 11.2. The zero-order chi connectivity index (χ0) is 15.5. The molecule has 1 aromatic carbocycles. The average molecular weight is 293 g/mol. The van der Waals surface area contributed by atoms with Gasteiger partial charge in [-0.15, -0.1) is 0 Å². The van der Waals surface area contributed by atoms with Crippen molar-refractivity contribution in [2.75, 3.05) is 7.11 Å². The quantitative estimate of drug-likeness (QED) is 0.685. The number of methoxy groups -OCH3 is 1. The van der Waals surface area contributed by atoms with E-state index in [0.29, 0.717) is 6.07 Å². The molecular weight excluding hydrogens is 278 g/mol. The van der Waals surface area contributed by atoms with E-state index in [-0.39, 0.29) is 11.6 Å². The van der Waals surface area contributed by atoms with Crippen molar-refractivity contribution in [2.45, 2.75) is 32.1 Å². The van der Waals surface area contributed by atoms with Gasteiger partial charge in [-0.2, -0.15) is 13.2 Å². The smallest absolute Gasteiger partial charge is 0.416 e. The summed E-state index contributed by atoms with van der Waals surface area (Å²) < 4.78 is 56.4. The number of carbonyl (C=O) groups excluding carboxylic acids is 1. The molecular formula is C13H15F4NO2. The van der Waals surface area contributed by atoms with E-state index < -0.39 is 29.6 Å². The predicted molar refractivity (Wildman–Crippen MR) is 64.4 cm³/mol. The molecule has 0 spiro atoms. The van der Waals surface area contributed by atoms with Gasteiger partial charge < -0.3 is 4.74 Å². The number of nitrogens with one attached hydrogen (secondary N) is 1. The number of carbonyl (C=O) groups is 1. The van der Waals surface area contributed by atoms with Crippen LogP contribution in [0.3, 0.4) is 0 Å². The number of halogens is 4. The fourth-order valence-corrected chi connectivity index (χ4v) is 1.76. The summed E-state index contributed by atoms with van der Waals surface area (Å²) >= 11 is 0. The largest absolute Gasteiger partial charge is 0.468 e. The van der Waals surface area contributed by atoms with E-state index in [1.54, 1.807) is 13.8 Å². The maximum absolute atomic E-state index is 13.0. The van der Waals surface area contributed by atoms with E-state index in [2.05, 4.69) is 10.1 Å². The molecule has 0 bridgehead atoms. The van der Waals surface area contributed by atoms with Gasteiger partial charge in [0.1, 0.15) is 11.9 Å². The fourth-order valence-electron chi connectivity index (χ4n) is 1.76. The first-order valence-electron chi connectivity index (χ1n) is 5.87. The summed E-state index contributed by atoms with van der Waals surface area (Å²) in [6.45, 7) is 3.35. The number of esters is 1. The molecule has 1 atom stereocenters. The molecule has 0 aromatic heterocycles. The average Bonchev–Trinajstić information content (AvgIpc) is 2.34. The Labute approximate surface area is 113 Å². The molecule has 1 unspecified atom stereocenters. The molecule has 0 amide bonds. The van der Waals surface area contributed by atoms with E-state index in [4.69, 9.17) is 0 Å². The number of benzene rings is 1. The molecule has 0 radical (unpaired) electrons. The van der Waals surface area contributed by atoms with Crippen LogP contribution >= 0.6 is 0 Å². The van der Waals surface area contributed by atoms with Crippen molar-refractivity contribution < 1.29 is 27.1 Å². The third kappa shape index (κ3) is 3.93. The molecule has 0 saturated heterocycles. The summed E-state index contributed by atoms with van der Waals surface area (Å²) in [7, 11) is 1.08. The molecule has 0 saturated carbocycles. The molecule has 7 heteroatoms. The van der Waals surface area contributed by atoms with Crippen LogP contribution in [0.25, 0.3) is 0 Å². The Morgan fingerprint density at radius 3 is 2.35 bits per heavy atom. The van der Waals surface area contributed by atoms with Crippen LogP contribution in [-0.2, 0) is 15.7 Å². The number of rotatable bonds is 4. The second kappa shape index (κ2) is 6.21. The van der Waals surface area contributed by atoms with Crippen molar-refractivity contribution in [1.29, 1.82) is 0 Å². The zero-order valence-corrected chi connectivity index (χ0v) is 11.2. The maximum Gasteiger partial charge on any atom is 0.416 e. The van der Waals surface area contributed by atoms with Gasteiger partial charge in [-0.1, -0.05) is 6.07 Å². The monoisotopic (exact) mass is 293 g/mol. The summed E-state index contributed by atoms with van der Waals surface area (Å²) in [6, 6.07) is 0.618. The van der Waals surface area contributed by atoms with E-state index in [1.165, 1.54) is 0 Å². The lowest BCUT2D eigenvalue weighted by Gasteiger charge is -2.22. The van der Waals surface area contributed by atoms with Crippen LogP contribution in [0.1, 0.15) is 31.0 Å². The lowest BCUT2D eigenvalue weighted by molar-refractivity contribution is -0.145. The minimum absolute atomic E-state index is 0.259. The molecule has 1 aromatic rings. The van der Waals surface area contributed by atoms with Gasteiger partial charge >= 0.3 is 12.1 Å². The van der Waals surface area contributed by atoms with Crippen LogP contribution in [0.4, 0.5) is 17.6 Å². The van der Waals surface area contributed by atoms with Crippen LogP contribution in [-0.4, -0.2) is 19.1 Å². The molecule has 0 heterocycles. The van der Waals surface area contributed by atoms with Crippen LogP contribution in [0, 0.1) is 5.82 Å². The van der Waals surface area contributed by atoms with Gasteiger partial charge in [0.15, 0.2) is 0 Å². The lowest BCUT2D eigenvalue weighted by Crippen LogP contribution is -2.35. The topological polar surface area (TPSA) is 38.3 Å². The van der Waals surface area contributed by atoms with Crippen molar-refractivity contribution in [2.24, 2.45) is 0 Å². The Bertz CT molecular complexity index is 486. The number of hydrogen-bond donors (Lipinski definition) is 1. The standard InChI is InChI=1S/C13H15F4NO2/c1-7(2)18-11(12(19)20-3)9-5-4-8(14)6-10(9)13(15,16)17/h4-7,11,18H,1-3H3.